The number of para-hydroxylation sites is 1. The molecule has 2 aliphatic heterocycles. The van der Waals surface area contributed by atoms with Crippen LogP contribution >= 0.6 is 0 Å². The second-order valence-corrected chi connectivity index (χ2v) is 19.6. The zero-order valence-electron chi connectivity index (χ0n) is 42.9. The van der Waals surface area contributed by atoms with Crippen molar-refractivity contribution in [3.8, 4) is 5.75 Å². The first kappa shape index (κ1) is 52.9. The van der Waals surface area contributed by atoms with Crippen LogP contribution in [0.2, 0.25) is 0 Å². The highest BCUT2D eigenvalue weighted by Crippen LogP contribution is 2.49. The molecule has 2 unspecified atom stereocenters. The van der Waals surface area contributed by atoms with Crippen LogP contribution in [-0.4, -0.2) is 48.1 Å². The van der Waals surface area contributed by atoms with Crippen molar-refractivity contribution >= 4 is 17.7 Å². The van der Waals surface area contributed by atoms with Crippen molar-refractivity contribution in [2.75, 3.05) is 11.5 Å². The summed E-state index contributed by atoms with van der Waals surface area (Å²) in [4.78, 5) is 16.1. The quantitative estimate of drug-likeness (QED) is 0.0598. The molecule has 8 atom stereocenters. The number of ether oxygens (including phenoxy) is 6. The van der Waals surface area contributed by atoms with Crippen LogP contribution < -0.4 is 9.64 Å². The standard InChI is InChI=1S/C67H64FNO8/c68-55-35-33-54(34-36-55)59(70)39-38-58-63(69(67(58)71)56-29-17-6-18-30-56)57-37-31-48(41-61(57)73-43-50-21-9-2-10-22-50)32-40-60-64(74-44-51-23-11-3-12-24-51)66(76-46-53-27-15-5-16-28-53)65(75-45-52-25-13-4-14-26-52)62(77-60)47-72-42-49-19-7-1-8-20-49/h1-37,40-41,58-60,62-66,70H,38-39,42-47H2/b40-32+/t58-,59+,60+,62?,63-,64?,65-,66+/m1/s1. The Balaban J connectivity index is 1.00. The van der Waals surface area contributed by atoms with Gasteiger partial charge in [0.1, 0.15) is 48.7 Å². The van der Waals surface area contributed by atoms with Crippen molar-refractivity contribution in [3.63, 3.8) is 0 Å². The topological polar surface area (TPSA) is 95.9 Å². The van der Waals surface area contributed by atoms with Gasteiger partial charge in [-0.1, -0.05) is 206 Å². The van der Waals surface area contributed by atoms with Gasteiger partial charge in [-0.2, -0.15) is 0 Å². The van der Waals surface area contributed by atoms with Crippen molar-refractivity contribution in [1.29, 1.82) is 0 Å². The number of aliphatic hydroxyl groups is 1. The zero-order chi connectivity index (χ0) is 52.6. The lowest BCUT2D eigenvalue weighted by molar-refractivity contribution is -0.263. The van der Waals surface area contributed by atoms with E-state index >= 15 is 0 Å². The van der Waals surface area contributed by atoms with Gasteiger partial charge in [-0.3, -0.25) is 4.79 Å². The van der Waals surface area contributed by atoms with E-state index in [2.05, 4.69) is 12.1 Å². The zero-order valence-corrected chi connectivity index (χ0v) is 42.9. The summed E-state index contributed by atoms with van der Waals surface area (Å²) in [6, 6.07) is 71.6. The van der Waals surface area contributed by atoms with E-state index < -0.39 is 48.6 Å². The van der Waals surface area contributed by atoms with Gasteiger partial charge >= 0.3 is 0 Å². The van der Waals surface area contributed by atoms with Gasteiger partial charge in [0.25, 0.3) is 0 Å². The number of amides is 1. The Bertz CT molecular complexity index is 3080. The van der Waals surface area contributed by atoms with Crippen molar-refractivity contribution in [3.05, 3.63) is 281 Å². The van der Waals surface area contributed by atoms with E-state index in [0.29, 0.717) is 50.6 Å². The summed E-state index contributed by atoms with van der Waals surface area (Å²) in [5.74, 6) is -0.264. The van der Waals surface area contributed by atoms with Gasteiger partial charge in [-0.15, -0.1) is 0 Å². The van der Waals surface area contributed by atoms with Crippen molar-refractivity contribution in [2.45, 2.75) is 88.5 Å². The fraction of sp³-hybridized carbons (Fsp3) is 0.239. The van der Waals surface area contributed by atoms with Gasteiger partial charge in [0.15, 0.2) is 0 Å². The number of benzene rings is 8. The van der Waals surface area contributed by atoms with Crippen molar-refractivity contribution in [1.82, 2.24) is 0 Å². The smallest absolute Gasteiger partial charge is 0.233 e. The third-order valence-corrected chi connectivity index (χ3v) is 14.2. The van der Waals surface area contributed by atoms with E-state index in [1.807, 2.05) is 205 Å². The predicted octanol–water partition coefficient (Wildman–Crippen LogP) is 13.4. The van der Waals surface area contributed by atoms with E-state index in [4.69, 9.17) is 28.4 Å². The lowest BCUT2D eigenvalue weighted by atomic mass is 9.77. The molecule has 0 aromatic heterocycles. The molecule has 1 N–H and O–H groups in total. The van der Waals surface area contributed by atoms with Crippen LogP contribution in [-0.2, 0) is 61.5 Å². The van der Waals surface area contributed by atoms with Crippen molar-refractivity contribution in [2.24, 2.45) is 5.92 Å². The maximum Gasteiger partial charge on any atom is 0.233 e. The lowest BCUT2D eigenvalue weighted by Gasteiger charge is -2.48. The van der Waals surface area contributed by atoms with Crippen LogP contribution in [0.4, 0.5) is 10.1 Å². The Labute approximate surface area is 451 Å². The molecule has 0 aliphatic carbocycles. The van der Waals surface area contributed by atoms with E-state index in [1.54, 1.807) is 12.1 Å². The van der Waals surface area contributed by atoms with Gasteiger partial charge in [0.2, 0.25) is 5.91 Å². The second kappa shape index (κ2) is 26.5. The highest BCUT2D eigenvalue weighted by Gasteiger charge is 2.50. The average Bonchev–Trinajstić information content (AvgIpc) is 3.49. The Morgan fingerprint density at radius 1 is 0.558 bits per heavy atom. The molecule has 392 valence electrons. The number of hydrogen-bond acceptors (Lipinski definition) is 8. The average molecular weight is 1030 g/mol. The summed E-state index contributed by atoms with van der Waals surface area (Å²) < 4.78 is 55.2. The summed E-state index contributed by atoms with van der Waals surface area (Å²) in [5, 5.41) is 11.3. The number of carbonyl (C=O) groups is 1. The predicted molar refractivity (Wildman–Crippen MR) is 297 cm³/mol. The number of aliphatic hydroxyl groups excluding tert-OH is 1. The molecule has 8 aromatic carbocycles. The first-order valence-electron chi connectivity index (χ1n) is 26.5. The molecule has 1 amide bonds. The monoisotopic (exact) mass is 1030 g/mol. The molecule has 0 spiro atoms. The summed E-state index contributed by atoms with van der Waals surface area (Å²) in [6.07, 6.45) is 0.847. The van der Waals surface area contributed by atoms with E-state index in [9.17, 15) is 14.3 Å². The SMILES string of the molecule is O=C1[C@H](CC[C@H](O)c2ccc(F)cc2)[C@@H](c2ccc(/C=C/[C@@H]3OC(COCc4ccccc4)[C@@H](OCc4ccccc4)[C@@H](OCc4ccccc4)C3OCc3ccccc3)cc2OCc2ccccc2)N1c1ccccc1. The van der Waals surface area contributed by atoms with Gasteiger partial charge in [0.05, 0.1) is 51.1 Å². The number of anilines is 1. The molecule has 9 nitrogen and oxygen atoms in total. The lowest BCUT2D eigenvalue weighted by Crippen LogP contribution is -2.60. The number of halogens is 1. The summed E-state index contributed by atoms with van der Waals surface area (Å²) in [5.41, 5.74) is 8.11. The molecule has 10 heteroatoms. The van der Waals surface area contributed by atoms with E-state index in [1.165, 1.54) is 12.1 Å². The molecule has 0 bridgehead atoms. The van der Waals surface area contributed by atoms with Gasteiger partial charge in [-0.05, 0) is 82.1 Å². The summed E-state index contributed by atoms with van der Waals surface area (Å²) in [7, 11) is 0. The van der Waals surface area contributed by atoms with E-state index in [0.717, 1.165) is 44.6 Å². The molecule has 10 rings (SSSR count). The Morgan fingerprint density at radius 3 is 1.61 bits per heavy atom. The van der Waals surface area contributed by atoms with E-state index in [-0.39, 0.29) is 24.9 Å². The third kappa shape index (κ3) is 13.9. The minimum atomic E-state index is -0.872. The number of rotatable bonds is 24. The molecular formula is C67H64FNO8. The highest BCUT2D eigenvalue weighted by atomic mass is 19.1. The number of nitrogens with zero attached hydrogens (tertiary/aromatic N) is 1. The number of hydrogen-bond donors (Lipinski definition) is 1. The maximum absolute atomic E-state index is 14.3. The molecule has 0 radical (unpaired) electrons. The van der Waals surface area contributed by atoms with Crippen molar-refractivity contribution < 1.29 is 42.7 Å². The highest BCUT2D eigenvalue weighted by molar-refractivity contribution is 6.03. The van der Waals surface area contributed by atoms with Crippen LogP contribution in [0.3, 0.4) is 0 Å². The molecule has 2 saturated heterocycles. The maximum atomic E-state index is 14.3. The Morgan fingerprint density at radius 2 is 1.05 bits per heavy atom. The molecule has 8 aromatic rings. The van der Waals surface area contributed by atoms with Gasteiger partial charge in [0, 0.05) is 11.3 Å². The summed E-state index contributed by atoms with van der Waals surface area (Å²) >= 11 is 0. The van der Waals surface area contributed by atoms with Crippen LogP contribution in [0.25, 0.3) is 6.08 Å². The normalized spacial score (nSPS) is 20.7. The first-order valence-corrected chi connectivity index (χ1v) is 26.5. The number of carbonyl (C=O) groups excluding carboxylic acids is 1. The minimum absolute atomic E-state index is 0.0427. The molecule has 77 heavy (non-hydrogen) atoms. The van der Waals surface area contributed by atoms with Crippen LogP contribution in [0, 0.1) is 11.7 Å². The number of β-lactam (4-membered cyclic amide) rings is 1. The Kier molecular flexibility index (Phi) is 18.2. The van der Waals surface area contributed by atoms with Gasteiger partial charge in [-0.25, -0.2) is 4.39 Å². The molecular weight excluding hydrogens is 966 g/mol. The minimum Gasteiger partial charge on any atom is -0.489 e. The molecule has 2 heterocycles. The van der Waals surface area contributed by atoms with Crippen LogP contribution in [0.15, 0.2) is 231 Å². The van der Waals surface area contributed by atoms with Crippen LogP contribution in [0.1, 0.15) is 69.5 Å². The summed E-state index contributed by atoms with van der Waals surface area (Å²) in [6.45, 7) is 1.84. The first-order chi connectivity index (χ1) is 37.9. The fourth-order valence-corrected chi connectivity index (χ4v) is 10.2. The largest absolute Gasteiger partial charge is 0.489 e. The van der Waals surface area contributed by atoms with Gasteiger partial charge < -0.3 is 38.4 Å². The third-order valence-electron chi connectivity index (χ3n) is 14.2. The van der Waals surface area contributed by atoms with Crippen LogP contribution in [0.5, 0.6) is 5.75 Å². The molecule has 2 fully saturated rings. The molecule has 0 saturated carbocycles. The fourth-order valence-electron chi connectivity index (χ4n) is 10.2. The molecule has 2 aliphatic rings. The second-order valence-electron chi connectivity index (χ2n) is 19.6. The Hall–Kier alpha value is -7.54.